The number of aromatic amines is 1. The molecule has 0 spiro atoms. The van der Waals surface area contributed by atoms with Crippen LogP contribution in [0.5, 0.6) is 0 Å². The van der Waals surface area contributed by atoms with E-state index in [9.17, 15) is 4.79 Å². The van der Waals surface area contributed by atoms with Crippen molar-refractivity contribution < 1.29 is 9.53 Å². The lowest BCUT2D eigenvalue weighted by Gasteiger charge is -2.02. The number of esters is 1. The molecule has 3 aromatic rings. The van der Waals surface area contributed by atoms with E-state index >= 15 is 0 Å². The van der Waals surface area contributed by atoms with E-state index in [0.29, 0.717) is 4.88 Å². The second kappa shape index (κ2) is 6.89. The highest BCUT2D eigenvalue weighted by atomic mass is 32.2. The van der Waals surface area contributed by atoms with E-state index in [-0.39, 0.29) is 5.97 Å². The van der Waals surface area contributed by atoms with Gasteiger partial charge in [-0.25, -0.2) is 9.78 Å². The van der Waals surface area contributed by atoms with Crippen LogP contribution in [0.25, 0.3) is 11.4 Å². The molecule has 5 nitrogen and oxygen atoms in total. The molecule has 0 radical (unpaired) electrons. The molecule has 0 amide bonds. The predicted molar refractivity (Wildman–Crippen MR) is 94.7 cm³/mol. The largest absolute Gasteiger partial charge is 0.465 e. The molecule has 23 heavy (non-hydrogen) atoms. The van der Waals surface area contributed by atoms with Gasteiger partial charge in [0, 0.05) is 5.56 Å². The molecule has 1 aromatic carbocycles. The summed E-state index contributed by atoms with van der Waals surface area (Å²) in [5, 5.41) is 3.28. The monoisotopic (exact) mass is 345 g/mol. The van der Waals surface area contributed by atoms with Crippen LogP contribution in [0.15, 0.2) is 46.8 Å². The highest BCUT2D eigenvalue weighted by Crippen LogP contribution is 2.36. The third-order valence-corrected chi connectivity index (χ3v) is 5.41. The number of anilines is 2. The van der Waals surface area contributed by atoms with Crippen molar-refractivity contribution in [3.05, 3.63) is 47.5 Å². The van der Waals surface area contributed by atoms with Gasteiger partial charge in [-0.2, -0.15) is 0 Å². The van der Waals surface area contributed by atoms with Crippen LogP contribution in [-0.4, -0.2) is 29.3 Å². The number of nitrogens with zero attached hydrogens (tertiary/aromatic N) is 1. The number of aromatic nitrogens is 2. The fourth-order valence-corrected chi connectivity index (χ4v) is 3.78. The summed E-state index contributed by atoms with van der Waals surface area (Å²) in [5.74, 6) is 1.24. The smallest absolute Gasteiger partial charge is 0.348 e. The second-order valence-corrected chi connectivity index (χ2v) is 6.77. The normalized spacial score (nSPS) is 10.5. The van der Waals surface area contributed by atoms with Gasteiger partial charge in [0.15, 0.2) is 0 Å². The lowest BCUT2D eigenvalue weighted by molar-refractivity contribution is 0.0606. The minimum atomic E-state index is -0.326. The molecular weight excluding hydrogens is 330 g/mol. The zero-order chi connectivity index (χ0) is 16.2. The molecule has 0 bridgehead atoms. The van der Waals surface area contributed by atoms with Gasteiger partial charge in [-0.05, 0) is 12.3 Å². The van der Waals surface area contributed by atoms with Gasteiger partial charge >= 0.3 is 5.97 Å². The maximum Gasteiger partial charge on any atom is 0.348 e. The minimum Gasteiger partial charge on any atom is -0.465 e. The van der Waals surface area contributed by atoms with E-state index < -0.39 is 0 Å². The number of carbonyl (C=O) groups is 1. The molecule has 2 heterocycles. The predicted octanol–water partition coefficient (Wildman–Crippen LogP) is 4.39. The SMILES string of the molecule is COC(=O)c1cc(Nc2cnc(-c3ccccc3)[nH]2)c(SC)s1. The lowest BCUT2D eigenvalue weighted by Crippen LogP contribution is -1.97. The van der Waals surface area contributed by atoms with Crippen LogP contribution in [0.1, 0.15) is 9.67 Å². The fourth-order valence-electron chi connectivity index (χ4n) is 2.09. The summed E-state index contributed by atoms with van der Waals surface area (Å²) in [4.78, 5) is 19.9. The number of hydrogen-bond acceptors (Lipinski definition) is 6. The van der Waals surface area contributed by atoms with Crippen LogP contribution >= 0.6 is 23.1 Å². The van der Waals surface area contributed by atoms with Gasteiger partial charge in [0.25, 0.3) is 0 Å². The van der Waals surface area contributed by atoms with Crippen molar-refractivity contribution in [2.24, 2.45) is 0 Å². The summed E-state index contributed by atoms with van der Waals surface area (Å²) in [6, 6.07) is 11.7. The number of hydrogen-bond donors (Lipinski definition) is 2. The van der Waals surface area contributed by atoms with Crippen molar-refractivity contribution in [2.75, 3.05) is 18.7 Å². The molecule has 0 atom stereocenters. The molecule has 0 fully saturated rings. The zero-order valence-corrected chi connectivity index (χ0v) is 14.3. The van der Waals surface area contributed by atoms with E-state index in [0.717, 1.165) is 27.1 Å². The summed E-state index contributed by atoms with van der Waals surface area (Å²) in [6.45, 7) is 0. The molecule has 3 rings (SSSR count). The quantitative estimate of drug-likeness (QED) is 0.530. The van der Waals surface area contributed by atoms with Crippen LogP contribution < -0.4 is 5.32 Å². The number of benzene rings is 1. The van der Waals surface area contributed by atoms with Crippen molar-refractivity contribution in [1.82, 2.24) is 9.97 Å². The molecule has 118 valence electrons. The maximum atomic E-state index is 11.7. The van der Waals surface area contributed by atoms with Gasteiger partial charge in [0.1, 0.15) is 16.5 Å². The Morgan fingerprint density at radius 3 is 2.83 bits per heavy atom. The summed E-state index contributed by atoms with van der Waals surface area (Å²) < 4.78 is 5.79. The Kier molecular flexibility index (Phi) is 4.68. The molecule has 0 aliphatic rings. The number of ether oxygens (including phenoxy) is 1. The van der Waals surface area contributed by atoms with Gasteiger partial charge in [0.2, 0.25) is 0 Å². The van der Waals surface area contributed by atoms with E-state index in [1.165, 1.54) is 18.4 Å². The summed E-state index contributed by atoms with van der Waals surface area (Å²) >= 11 is 2.99. The molecule has 0 aliphatic heterocycles. The average Bonchev–Trinajstić information content (AvgIpc) is 3.22. The van der Waals surface area contributed by atoms with Crippen molar-refractivity contribution in [1.29, 1.82) is 0 Å². The Balaban J connectivity index is 1.84. The number of nitrogens with one attached hydrogen (secondary N) is 2. The van der Waals surface area contributed by atoms with E-state index in [2.05, 4.69) is 15.3 Å². The maximum absolute atomic E-state index is 11.7. The number of rotatable bonds is 5. The van der Waals surface area contributed by atoms with E-state index in [1.54, 1.807) is 24.0 Å². The molecule has 0 aliphatic carbocycles. The number of H-pyrrole nitrogens is 1. The average molecular weight is 345 g/mol. The van der Waals surface area contributed by atoms with Crippen LogP contribution in [-0.2, 0) is 4.74 Å². The molecule has 0 saturated carbocycles. The van der Waals surface area contributed by atoms with Gasteiger partial charge in [0.05, 0.1) is 23.2 Å². The molecule has 0 saturated heterocycles. The number of carbonyl (C=O) groups excluding carboxylic acids is 1. The molecule has 2 aromatic heterocycles. The first kappa shape index (κ1) is 15.6. The van der Waals surface area contributed by atoms with Gasteiger partial charge < -0.3 is 15.0 Å². The molecule has 7 heteroatoms. The Labute approximate surface area is 142 Å². The number of thiophene rings is 1. The third kappa shape index (κ3) is 3.40. The van der Waals surface area contributed by atoms with Crippen LogP contribution in [0, 0.1) is 0 Å². The molecule has 2 N–H and O–H groups in total. The first-order valence-corrected chi connectivity index (χ1v) is 8.89. The summed E-state index contributed by atoms with van der Waals surface area (Å²) in [5.41, 5.74) is 1.89. The Hall–Kier alpha value is -2.25. The summed E-state index contributed by atoms with van der Waals surface area (Å²) in [7, 11) is 1.38. The lowest BCUT2D eigenvalue weighted by atomic mass is 10.2. The highest BCUT2D eigenvalue weighted by molar-refractivity contribution is 8.00. The number of imidazole rings is 1. The standard InChI is InChI=1S/C16H15N3O2S2/c1-21-15(20)12-8-11(16(22-2)23-12)18-13-9-17-14(19-13)10-6-4-3-5-7-10/h3-9,18H,1-2H3,(H,17,19). The Morgan fingerprint density at radius 2 is 2.13 bits per heavy atom. The third-order valence-electron chi connectivity index (χ3n) is 3.16. The second-order valence-electron chi connectivity index (χ2n) is 4.64. The van der Waals surface area contributed by atoms with Gasteiger partial charge in [-0.15, -0.1) is 23.1 Å². The minimum absolute atomic E-state index is 0.326. The summed E-state index contributed by atoms with van der Waals surface area (Å²) in [6.07, 6.45) is 3.71. The highest BCUT2D eigenvalue weighted by Gasteiger charge is 2.15. The molecule has 0 unspecified atom stereocenters. The van der Waals surface area contributed by atoms with Crippen molar-refractivity contribution in [3.8, 4) is 11.4 Å². The van der Waals surface area contributed by atoms with Gasteiger partial charge in [-0.1, -0.05) is 30.3 Å². The number of thioether (sulfide) groups is 1. The van der Waals surface area contributed by atoms with Crippen LogP contribution in [0.3, 0.4) is 0 Å². The fraction of sp³-hybridized carbons (Fsp3) is 0.125. The first-order chi connectivity index (χ1) is 11.2. The van der Waals surface area contributed by atoms with Crippen molar-refractivity contribution in [2.45, 2.75) is 4.21 Å². The Morgan fingerprint density at radius 1 is 1.35 bits per heavy atom. The van der Waals surface area contributed by atoms with Crippen LogP contribution in [0.4, 0.5) is 11.5 Å². The molecular formula is C16H15N3O2S2. The zero-order valence-electron chi connectivity index (χ0n) is 12.6. The van der Waals surface area contributed by atoms with Crippen LogP contribution in [0.2, 0.25) is 0 Å². The topological polar surface area (TPSA) is 67.0 Å². The Bertz CT molecular complexity index is 812. The number of methoxy groups -OCH3 is 1. The first-order valence-electron chi connectivity index (χ1n) is 6.85. The van der Waals surface area contributed by atoms with Crippen molar-refractivity contribution in [3.63, 3.8) is 0 Å². The van der Waals surface area contributed by atoms with E-state index in [1.807, 2.05) is 36.6 Å². The van der Waals surface area contributed by atoms with Gasteiger partial charge in [-0.3, -0.25) is 0 Å². The van der Waals surface area contributed by atoms with E-state index in [4.69, 9.17) is 4.74 Å². The van der Waals surface area contributed by atoms with Crippen molar-refractivity contribution >= 4 is 40.6 Å².